The van der Waals surface area contributed by atoms with E-state index in [0.717, 1.165) is 32.1 Å². The zero-order valence-corrected chi connectivity index (χ0v) is 12.7. The van der Waals surface area contributed by atoms with E-state index in [1.165, 1.54) is 38.6 Å². The van der Waals surface area contributed by atoms with E-state index >= 15 is 0 Å². The van der Waals surface area contributed by atoms with Crippen molar-refractivity contribution in [3.63, 3.8) is 0 Å². The highest BCUT2D eigenvalue weighted by atomic mass is 16.4. The lowest BCUT2D eigenvalue weighted by Gasteiger charge is -2.36. The average Bonchev–Trinajstić information content (AvgIpc) is 2.48. The molecule has 1 aliphatic heterocycles. The van der Waals surface area contributed by atoms with Crippen molar-refractivity contribution in [2.24, 2.45) is 5.92 Å². The average molecular weight is 297 g/mol. The predicted octanol–water partition coefficient (Wildman–Crippen LogP) is 0.385. The van der Waals surface area contributed by atoms with Crippen LogP contribution in [0.3, 0.4) is 0 Å². The van der Waals surface area contributed by atoms with Gasteiger partial charge in [-0.2, -0.15) is 0 Å². The van der Waals surface area contributed by atoms with E-state index in [1.807, 2.05) is 0 Å². The molecule has 2 N–H and O–H groups in total. The first-order chi connectivity index (χ1) is 10.1. The van der Waals surface area contributed by atoms with Gasteiger partial charge in [-0.1, -0.05) is 19.3 Å². The summed E-state index contributed by atoms with van der Waals surface area (Å²) >= 11 is 0. The summed E-state index contributed by atoms with van der Waals surface area (Å²) in [5.41, 5.74) is 0. The highest BCUT2D eigenvalue weighted by Crippen LogP contribution is 2.24. The van der Waals surface area contributed by atoms with Crippen molar-refractivity contribution in [1.29, 1.82) is 0 Å². The third-order valence-electron chi connectivity index (χ3n) is 4.51. The van der Waals surface area contributed by atoms with Crippen LogP contribution in [0.2, 0.25) is 0 Å². The summed E-state index contributed by atoms with van der Waals surface area (Å²) in [5, 5.41) is 10.9. The molecule has 0 aromatic carbocycles. The Morgan fingerprint density at radius 3 is 2.24 bits per heavy atom. The van der Waals surface area contributed by atoms with Crippen LogP contribution in [0.5, 0.6) is 0 Å². The van der Waals surface area contributed by atoms with Gasteiger partial charge >= 0.3 is 5.97 Å². The van der Waals surface area contributed by atoms with Gasteiger partial charge in [-0.3, -0.25) is 14.5 Å². The molecule has 0 bridgehead atoms. The monoisotopic (exact) mass is 297 g/mol. The van der Waals surface area contributed by atoms with Crippen LogP contribution in [-0.2, 0) is 9.59 Å². The van der Waals surface area contributed by atoms with E-state index in [4.69, 9.17) is 5.11 Å². The molecule has 2 rings (SSSR count). The first-order valence-corrected chi connectivity index (χ1v) is 8.06. The Balaban J connectivity index is 1.61. The van der Waals surface area contributed by atoms with Gasteiger partial charge in [-0.25, -0.2) is 0 Å². The van der Waals surface area contributed by atoms with E-state index in [0.29, 0.717) is 6.54 Å². The molecule has 0 radical (unpaired) electrons. The number of amides is 1. The summed E-state index contributed by atoms with van der Waals surface area (Å²) in [6.45, 7) is 5.05. The molecule has 120 valence electrons. The molecule has 0 spiro atoms. The topological polar surface area (TPSA) is 72.9 Å². The zero-order valence-electron chi connectivity index (χ0n) is 12.7. The van der Waals surface area contributed by atoms with Crippen LogP contribution >= 0.6 is 0 Å². The van der Waals surface area contributed by atoms with Crippen LogP contribution in [0, 0.1) is 5.92 Å². The lowest BCUT2D eigenvalue weighted by Crippen LogP contribution is -2.50. The zero-order chi connectivity index (χ0) is 15.1. The molecule has 2 aliphatic rings. The highest BCUT2D eigenvalue weighted by molar-refractivity contribution is 5.82. The van der Waals surface area contributed by atoms with Crippen LogP contribution in [0.4, 0.5) is 0 Å². The summed E-state index contributed by atoms with van der Waals surface area (Å²) in [5.74, 6) is -0.331. The van der Waals surface area contributed by atoms with Gasteiger partial charge in [0.1, 0.15) is 6.54 Å². The molecular formula is C15H27N3O3. The third kappa shape index (κ3) is 6.01. The van der Waals surface area contributed by atoms with Crippen molar-refractivity contribution in [3.05, 3.63) is 0 Å². The molecule has 0 unspecified atom stereocenters. The predicted molar refractivity (Wildman–Crippen MR) is 80.1 cm³/mol. The molecule has 1 saturated heterocycles. The molecule has 0 atom stereocenters. The fraction of sp³-hybridized carbons (Fsp3) is 0.867. The number of hydrogen-bond acceptors (Lipinski definition) is 4. The molecule has 1 aliphatic carbocycles. The number of carboxylic acids is 1. The summed E-state index contributed by atoms with van der Waals surface area (Å²) in [6.07, 6.45) is 6.91. The Labute approximate surface area is 126 Å². The molecule has 0 aromatic heterocycles. The van der Waals surface area contributed by atoms with Crippen molar-refractivity contribution in [2.45, 2.75) is 32.1 Å². The minimum Gasteiger partial charge on any atom is -0.480 e. The van der Waals surface area contributed by atoms with E-state index in [2.05, 4.69) is 15.1 Å². The number of nitrogens with one attached hydrogen (secondary N) is 1. The van der Waals surface area contributed by atoms with Gasteiger partial charge in [-0.05, 0) is 18.8 Å². The quantitative estimate of drug-likeness (QED) is 0.742. The fourth-order valence-corrected chi connectivity index (χ4v) is 3.30. The minimum atomic E-state index is -0.999. The molecule has 6 nitrogen and oxygen atoms in total. The van der Waals surface area contributed by atoms with Gasteiger partial charge in [0.05, 0.1) is 6.54 Å². The normalized spacial score (nSPS) is 22.1. The SMILES string of the molecule is O=C(O)CNC(=O)CN1CCN(CC2CCCCC2)CC1. The number of carboxylic acid groups (broad SMARTS) is 1. The van der Waals surface area contributed by atoms with Gasteiger partial charge in [0.25, 0.3) is 0 Å². The number of piperazine rings is 1. The Morgan fingerprint density at radius 1 is 1.00 bits per heavy atom. The second-order valence-electron chi connectivity index (χ2n) is 6.25. The molecule has 1 heterocycles. The number of rotatable bonds is 6. The van der Waals surface area contributed by atoms with Crippen LogP contribution in [0.25, 0.3) is 0 Å². The second-order valence-corrected chi connectivity index (χ2v) is 6.25. The number of nitrogens with zero attached hydrogens (tertiary/aromatic N) is 2. The van der Waals surface area contributed by atoms with E-state index in [-0.39, 0.29) is 12.5 Å². The van der Waals surface area contributed by atoms with Crippen molar-refractivity contribution in [1.82, 2.24) is 15.1 Å². The highest BCUT2D eigenvalue weighted by Gasteiger charge is 2.22. The van der Waals surface area contributed by atoms with Crippen LogP contribution in [0.1, 0.15) is 32.1 Å². The first-order valence-electron chi connectivity index (χ1n) is 8.06. The number of hydrogen-bond donors (Lipinski definition) is 2. The first kappa shape index (κ1) is 16.2. The number of carbonyl (C=O) groups excluding carboxylic acids is 1. The Morgan fingerprint density at radius 2 is 1.62 bits per heavy atom. The standard InChI is InChI=1S/C15H27N3O3/c19-14(16-10-15(20)21)12-18-8-6-17(7-9-18)11-13-4-2-1-3-5-13/h13H,1-12H2,(H,16,19)(H,20,21). The summed E-state index contributed by atoms with van der Waals surface area (Å²) in [6, 6.07) is 0. The van der Waals surface area contributed by atoms with E-state index < -0.39 is 5.97 Å². The van der Waals surface area contributed by atoms with Gasteiger partial charge < -0.3 is 15.3 Å². The van der Waals surface area contributed by atoms with Gasteiger partial charge in [0.2, 0.25) is 5.91 Å². The molecular weight excluding hydrogens is 270 g/mol. The van der Waals surface area contributed by atoms with Crippen molar-refractivity contribution >= 4 is 11.9 Å². The van der Waals surface area contributed by atoms with E-state index in [1.54, 1.807) is 0 Å². The maximum Gasteiger partial charge on any atom is 0.322 e. The number of aliphatic carboxylic acids is 1. The van der Waals surface area contributed by atoms with Crippen LogP contribution < -0.4 is 5.32 Å². The molecule has 2 fully saturated rings. The number of carbonyl (C=O) groups is 2. The van der Waals surface area contributed by atoms with Crippen molar-refractivity contribution in [3.8, 4) is 0 Å². The Bertz CT molecular complexity index is 348. The van der Waals surface area contributed by atoms with Gasteiger partial charge in [0, 0.05) is 32.7 Å². The smallest absolute Gasteiger partial charge is 0.322 e. The molecule has 6 heteroatoms. The van der Waals surface area contributed by atoms with E-state index in [9.17, 15) is 9.59 Å². The maximum absolute atomic E-state index is 11.6. The summed E-state index contributed by atoms with van der Waals surface area (Å²) in [7, 11) is 0. The van der Waals surface area contributed by atoms with Crippen molar-refractivity contribution < 1.29 is 14.7 Å². The Hall–Kier alpha value is -1.14. The second kappa shape index (κ2) is 8.34. The maximum atomic E-state index is 11.6. The van der Waals surface area contributed by atoms with Crippen molar-refractivity contribution in [2.75, 3.05) is 45.8 Å². The lowest BCUT2D eigenvalue weighted by molar-refractivity contribution is -0.138. The van der Waals surface area contributed by atoms with Gasteiger partial charge in [0.15, 0.2) is 0 Å². The molecule has 0 aromatic rings. The fourth-order valence-electron chi connectivity index (χ4n) is 3.30. The Kier molecular flexibility index (Phi) is 6.45. The third-order valence-corrected chi connectivity index (χ3v) is 4.51. The van der Waals surface area contributed by atoms with Crippen LogP contribution in [0.15, 0.2) is 0 Å². The van der Waals surface area contributed by atoms with Gasteiger partial charge in [-0.15, -0.1) is 0 Å². The molecule has 21 heavy (non-hydrogen) atoms. The summed E-state index contributed by atoms with van der Waals surface area (Å²) < 4.78 is 0. The molecule has 1 saturated carbocycles. The minimum absolute atomic E-state index is 0.196. The van der Waals surface area contributed by atoms with Crippen LogP contribution in [-0.4, -0.2) is 72.6 Å². The largest absolute Gasteiger partial charge is 0.480 e. The molecule has 1 amide bonds. The lowest BCUT2D eigenvalue weighted by atomic mass is 9.89. The summed E-state index contributed by atoms with van der Waals surface area (Å²) in [4.78, 5) is 26.6.